The number of hydrogen-bond acceptors (Lipinski definition) is 5. The Morgan fingerprint density at radius 1 is 1.16 bits per heavy atom. The zero-order valence-corrected chi connectivity index (χ0v) is 18.0. The van der Waals surface area contributed by atoms with Crippen LogP contribution in [0.4, 0.5) is 4.79 Å². The van der Waals surface area contributed by atoms with E-state index < -0.39 is 23.9 Å². The van der Waals surface area contributed by atoms with Gasteiger partial charge in [-0.25, -0.2) is 4.79 Å². The van der Waals surface area contributed by atoms with Gasteiger partial charge < -0.3 is 24.8 Å². The standard InChI is InChI=1S/C24H28N2O5/c1-15(22(28)26-16(12-27)13-31-24(26,2)3)25-23(29)30-14-21-19-10-6-4-8-17(19)18-9-5-7-11-20(18)21/h4-11,15-16,21,27H,12-14H2,1-3H3,(H,25,29)/t15-,16+/m0/s1. The number of nitrogens with one attached hydrogen (secondary N) is 1. The Labute approximate surface area is 182 Å². The number of ether oxygens (including phenoxy) is 2. The normalized spacial score (nSPS) is 20.1. The first kappa shape index (κ1) is 21.3. The van der Waals surface area contributed by atoms with Gasteiger partial charge in [0, 0.05) is 5.92 Å². The number of aliphatic hydroxyl groups excluding tert-OH is 1. The minimum atomic E-state index is -0.846. The van der Waals surface area contributed by atoms with E-state index in [0.717, 1.165) is 22.3 Å². The lowest BCUT2D eigenvalue weighted by Crippen LogP contribution is -2.56. The van der Waals surface area contributed by atoms with Crippen LogP contribution in [0.2, 0.25) is 0 Å². The van der Waals surface area contributed by atoms with Gasteiger partial charge in [-0.3, -0.25) is 4.79 Å². The summed E-state index contributed by atoms with van der Waals surface area (Å²) < 4.78 is 11.1. The summed E-state index contributed by atoms with van der Waals surface area (Å²) in [4.78, 5) is 26.9. The highest BCUT2D eigenvalue weighted by molar-refractivity contribution is 5.86. The Bertz CT molecular complexity index is 944. The van der Waals surface area contributed by atoms with Crippen molar-refractivity contribution in [2.24, 2.45) is 0 Å². The predicted octanol–water partition coefficient (Wildman–Crippen LogP) is 2.87. The molecule has 164 valence electrons. The number of aliphatic hydroxyl groups is 1. The molecule has 7 heteroatoms. The SMILES string of the molecule is C[C@H](NC(=O)OCC1c2ccccc2-c2ccccc21)C(=O)N1[C@H](CO)COC1(C)C. The summed E-state index contributed by atoms with van der Waals surface area (Å²) in [5.74, 6) is -0.371. The third kappa shape index (κ3) is 3.91. The van der Waals surface area contributed by atoms with Crippen LogP contribution in [0.5, 0.6) is 0 Å². The third-order valence-electron chi connectivity index (χ3n) is 6.07. The second-order valence-electron chi connectivity index (χ2n) is 8.49. The lowest BCUT2D eigenvalue weighted by atomic mass is 9.98. The van der Waals surface area contributed by atoms with Crippen molar-refractivity contribution in [2.75, 3.05) is 19.8 Å². The number of carbonyl (C=O) groups is 2. The molecule has 2 aromatic carbocycles. The topological polar surface area (TPSA) is 88.1 Å². The quantitative estimate of drug-likeness (QED) is 0.771. The number of fused-ring (bicyclic) bond motifs is 3. The predicted molar refractivity (Wildman–Crippen MR) is 115 cm³/mol. The molecule has 7 nitrogen and oxygen atoms in total. The maximum atomic E-state index is 12.9. The molecule has 1 aliphatic heterocycles. The fourth-order valence-electron chi connectivity index (χ4n) is 4.55. The summed E-state index contributed by atoms with van der Waals surface area (Å²) in [6, 6.07) is 15.0. The van der Waals surface area contributed by atoms with Gasteiger partial charge >= 0.3 is 6.09 Å². The van der Waals surface area contributed by atoms with Gasteiger partial charge in [-0.2, -0.15) is 0 Å². The number of rotatable bonds is 5. The number of benzene rings is 2. The lowest BCUT2D eigenvalue weighted by Gasteiger charge is -2.35. The molecule has 2 amide bonds. The summed E-state index contributed by atoms with van der Waals surface area (Å²) in [7, 11) is 0. The molecular formula is C24H28N2O5. The van der Waals surface area contributed by atoms with E-state index in [4.69, 9.17) is 9.47 Å². The van der Waals surface area contributed by atoms with E-state index in [2.05, 4.69) is 29.6 Å². The van der Waals surface area contributed by atoms with Crippen molar-refractivity contribution in [3.8, 4) is 11.1 Å². The number of hydrogen-bond donors (Lipinski definition) is 2. The minimum absolute atomic E-state index is 0.0474. The molecule has 0 aromatic heterocycles. The van der Waals surface area contributed by atoms with Gasteiger partial charge in [-0.05, 0) is 43.0 Å². The molecule has 1 aliphatic carbocycles. The van der Waals surface area contributed by atoms with Crippen molar-refractivity contribution in [1.82, 2.24) is 10.2 Å². The van der Waals surface area contributed by atoms with Gasteiger partial charge in [0.1, 0.15) is 18.4 Å². The molecule has 0 unspecified atom stereocenters. The van der Waals surface area contributed by atoms with E-state index in [-0.39, 0.29) is 31.6 Å². The van der Waals surface area contributed by atoms with Crippen molar-refractivity contribution in [3.05, 3.63) is 59.7 Å². The van der Waals surface area contributed by atoms with Gasteiger partial charge in [-0.15, -0.1) is 0 Å². The second kappa shape index (κ2) is 8.32. The molecule has 2 aromatic rings. The number of carbonyl (C=O) groups excluding carboxylic acids is 2. The zero-order valence-electron chi connectivity index (χ0n) is 18.0. The summed E-state index contributed by atoms with van der Waals surface area (Å²) in [6.07, 6.45) is -0.652. The summed E-state index contributed by atoms with van der Waals surface area (Å²) in [5.41, 5.74) is 3.72. The third-order valence-corrected chi connectivity index (χ3v) is 6.07. The van der Waals surface area contributed by atoms with Crippen molar-refractivity contribution >= 4 is 12.0 Å². The van der Waals surface area contributed by atoms with Crippen LogP contribution in [0.3, 0.4) is 0 Å². The molecule has 31 heavy (non-hydrogen) atoms. The van der Waals surface area contributed by atoms with Crippen LogP contribution in [0.1, 0.15) is 37.8 Å². The van der Waals surface area contributed by atoms with Crippen LogP contribution >= 0.6 is 0 Å². The van der Waals surface area contributed by atoms with E-state index in [1.54, 1.807) is 20.8 Å². The highest BCUT2D eigenvalue weighted by Crippen LogP contribution is 2.44. The van der Waals surface area contributed by atoms with Gasteiger partial charge in [0.15, 0.2) is 0 Å². The second-order valence-corrected chi connectivity index (χ2v) is 8.49. The van der Waals surface area contributed by atoms with E-state index in [0.29, 0.717) is 0 Å². The molecule has 1 heterocycles. The molecule has 1 fully saturated rings. The largest absolute Gasteiger partial charge is 0.449 e. The minimum Gasteiger partial charge on any atom is -0.449 e. The van der Waals surface area contributed by atoms with Gasteiger partial charge in [0.25, 0.3) is 0 Å². The smallest absolute Gasteiger partial charge is 0.407 e. The van der Waals surface area contributed by atoms with E-state index >= 15 is 0 Å². The molecule has 2 aliphatic rings. The lowest BCUT2D eigenvalue weighted by molar-refractivity contribution is -0.148. The number of amides is 2. The van der Waals surface area contributed by atoms with Gasteiger partial charge in [0.05, 0.1) is 19.3 Å². The first-order chi connectivity index (χ1) is 14.8. The van der Waals surface area contributed by atoms with Crippen molar-refractivity contribution in [2.45, 2.75) is 44.5 Å². The first-order valence-electron chi connectivity index (χ1n) is 10.5. The summed E-state index contributed by atoms with van der Waals surface area (Å²) in [6.45, 7) is 5.37. The average Bonchev–Trinajstić information content (AvgIpc) is 3.25. The Morgan fingerprint density at radius 3 is 2.32 bits per heavy atom. The van der Waals surface area contributed by atoms with Crippen molar-refractivity contribution < 1.29 is 24.2 Å². The van der Waals surface area contributed by atoms with Crippen molar-refractivity contribution in [3.63, 3.8) is 0 Å². The van der Waals surface area contributed by atoms with Gasteiger partial charge in [0.2, 0.25) is 5.91 Å². The molecule has 0 spiro atoms. The zero-order chi connectivity index (χ0) is 22.2. The van der Waals surface area contributed by atoms with Crippen LogP contribution in [0.25, 0.3) is 11.1 Å². The molecule has 2 atom stereocenters. The van der Waals surface area contributed by atoms with Crippen molar-refractivity contribution in [1.29, 1.82) is 0 Å². The van der Waals surface area contributed by atoms with E-state index in [1.165, 1.54) is 4.90 Å². The fourth-order valence-corrected chi connectivity index (χ4v) is 4.55. The van der Waals surface area contributed by atoms with Crippen LogP contribution in [0.15, 0.2) is 48.5 Å². The van der Waals surface area contributed by atoms with E-state index in [1.807, 2.05) is 24.3 Å². The molecule has 1 saturated heterocycles. The van der Waals surface area contributed by atoms with Crippen LogP contribution in [-0.4, -0.2) is 59.6 Å². The Morgan fingerprint density at radius 2 is 1.74 bits per heavy atom. The van der Waals surface area contributed by atoms with Crippen LogP contribution in [-0.2, 0) is 14.3 Å². The van der Waals surface area contributed by atoms with Gasteiger partial charge in [-0.1, -0.05) is 48.5 Å². The Balaban J connectivity index is 1.40. The maximum absolute atomic E-state index is 12.9. The van der Waals surface area contributed by atoms with E-state index in [9.17, 15) is 14.7 Å². The molecule has 0 saturated carbocycles. The molecular weight excluding hydrogens is 396 g/mol. The maximum Gasteiger partial charge on any atom is 0.407 e. The van der Waals surface area contributed by atoms with Crippen LogP contribution < -0.4 is 5.32 Å². The molecule has 4 rings (SSSR count). The summed E-state index contributed by atoms with van der Waals surface area (Å²) >= 11 is 0. The first-order valence-corrected chi connectivity index (χ1v) is 10.5. The summed E-state index contributed by atoms with van der Waals surface area (Å²) in [5, 5.41) is 12.2. The van der Waals surface area contributed by atoms with Crippen LogP contribution in [0, 0.1) is 0 Å². The molecule has 2 N–H and O–H groups in total. The number of alkyl carbamates (subject to hydrolysis) is 1. The fraction of sp³-hybridized carbons (Fsp3) is 0.417. The Kier molecular flexibility index (Phi) is 5.73. The Hall–Kier alpha value is -2.90. The highest BCUT2D eigenvalue weighted by Gasteiger charge is 2.45. The number of nitrogens with zero attached hydrogens (tertiary/aromatic N) is 1. The molecule has 0 radical (unpaired) electrons. The monoisotopic (exact) mass is 424 g/mol. The average molecular weight is 424 g/mol. The molecule has 0 bridgehead atoms. The highest BCUT2D eigenvalue weighted by atomic mass is 16.5.